The third-order valence-electron chi connectivity index (χ3n) is 2.96. The Kier molecular flexibility index (Phi) is 3.89. The summed E-state index contributed by atoms with van der Waals surface area (Å²) in [5, 5.41) is 19.6. The molecule has 0 aliphatic heterocycles. The van der Waals surface area contributed by atoms with Crippen molar-refractivity contribution >= 4 is 0 Å². The minimum absolute atomic E-state index is 0.0181. The topological polar surface area (TPSA) is 68.2 Å². The van der Waals surface area contributed by atoms with E-state index in [9.17, 15) is 10.2 Å². The standard InChI is InChI=1S/C15H16O5/c1-18-10-7-13(19-2)15(14(8-10)20-3)11-6-9(16)4-5-12(11)17/h4-8,16-17H,1-3H3. The SMILES string of the molecule is COc1cc(OC)c(-c2cc(O)ccc2O)c(OC)c1. The zero-order valence-corrected chi connectivity index (χ0v) is 11.5. The zero-order chi connectivity index (χ0) is 14.7. The summed E-state index contributed by atoms with van der Waals surface area (Å²) in [7, 11) is 4.56. The molecule has 0 saturated carbocycles. The van der Waals surface area contributed by atoms with Gasteiger partial charge in [0.15, 0.2) is 0 Å². The molecular formula is C15H16O5. The fourth-order valence-electron chi connectivity index (χ4n) is 2.00. The molecule has 0 aliphatic rings. The molecule has 0 fully saturated rings. The van der Waals surface area contributed by atoms with Gasteiger partial charge in [-0.15, -0.1) is 0 Å². The zero-order valence-electron chi connectivity index (χ0n) is 11.5. The van der Waals surface area contributed by atoms with Gasteiger partial charge in [0, 0.05) is 17.7 Å². The Bertz CT molecular complexity index is 597. The van der Waals surface area contributed by atoms with Crippen LogP contribution in [0, 0.1) is 0 Å². The third kappa shape index (κ3) is 2.42. The molecule has 2 rings (SSSR count). The first-order valence-corrected chi connectivity index (χ1v) is 5.93. The van der Waals surface area contributed by atoms with Crippen LogP contribution in [0.25, 0.3) is 11.1 Å². The number of methoxy groups -OCH3 is 3. The molecule has 2 aromatic rings. The number of phenolic OH excluding ortho intramolecular Hbond substituents is 2. The number of hydrogen-bond acceptors (Lipinski definition) is 5. The van der Waals surface area contributed by atoms with Gasteiger partial charge in [-0.25, -0.2) is 0 Å². The Morgan fingerprint density at radius 1 is 0.800 bits per heavy atom. The Labute approximate surface area is 117 Å². The van der Waals surface area contributed by atoms with Crippen LogP contribution in [0.4, 0.5) is 0 Å². The summed E-state index contributed by atoms with van der Waals surface area (Å²) in [4.78, 5) is 0. The van der Waals surface area contributed by atoms with Gasteiger partial charge in [0.25, 0.3) is 0 Å². The number of phenols is 2. The molecule has 5 heteroatoms. The fraction of sp³-hybridized carbons (Fsp3) is 0.200. The number of rotatable bonds is 4. The summed E-state index contributed by atoms with van der Waals surface area (Å²) in [5.74, 6) is 1.58. The number of aromatic hydroxyl groups is 2. The molecule has 0 radical (unpaired) electrons. The molecule has 20 heavy (non-hydrogen) atoms. The first-order valence-electron chi connectivity index (χ1n) is 5.93. The average Bonchev–Trinajstić information content (AvgIpc) is 2.48. The number of ether oxygens (including phenoxy) is 3. The largest absolute Gasteiger partial charge is 0.508 e. The molecule has 0 saturated heterocycles. The predicted molar refractivity (Wildman–Crippen MR) is 74.9 cm³/mol. The molecule has 2 aromatic carbocycles. The molecule has 106 valence electrons. The molecule has 0 aliphatic carbocycles. The molecule has 2 N–H and O–H groups in total. The van der Waals surface area contributed by atoms with Crippen LogP contribution in [0.15, 0.2) is 30.3 Å². The van der Waals surface area contributed by atoms with Crippen molar-refractivity contribution in [2.75, 3.05) is 21.3 Å². The smallest absolute Gasteiger partial charge is 0.134 e. The molecule has 0 atom stereocenters. The minimum Gasteiger partial charge on any atom is -0.508 e. The van der Waals surface area contributed by atoms with E-state index in [-0.39, 0.29) is 11.5 Å². The van der Waals surface area contributed by atoms with Gasteiger partial charge in [-0.05, 0) is 18.2 Å². The fourth-order valence-corrected chi connectivity index (χ4v) is 2.00. The summed E-state index contributed by atoms with van der Waals surface area (Å²) in [6.07, 6.45) is 0. The highest BCUT2D eigenvalue weighted by Gasteiger charge is 2.18. The van der Waals surface area contributed by atoms with Crippen LogP contribution < -0.4 is 14.2 Å². The minimum atomic E-state index is 0.0181. The summed E-state index contributed by atoms with van der Waals surface area (Å²) >= 11 is 0. The normalized spacial score (nSPS) is 10.2. The Hall–Kier alpha value is -2.56. The van der Waals surface area contributed by atoms with Crippen LogP contribution in [0.2, 0.25) is 0 Å². The lowest BCUT2D eigenvalue weighted by atomic mass is 10.0. The molecule has 0 heterocycles. The van der Waals surface area contributed by atoms with Gasteiger partial charge in [-0.3, -0.25) is 0 Å². The van der Waals surface area contributed by atoms with Crippen molar-refractivity contribution in [2.24, 2.45) is 0 Å². The first kappa shape index (κ1) is 13.9. The molecule has 0 amide bonds. The van der Waals surface area contributed by atoms with Crippen LogP contribution in [-0.2, 0) is 0 Å². The Morgan fingerprint density at radius 2 is 1.40 bits per heavy atom. The average molecular weight is 276 g/mol. The Balaban J connectivity index is 2.74. The van der Waals surface area contributed by atoms with Gasteiger partial charge in [-0.2, -0.15) is 0 Å². The van der Waals surface area contributed by atoms with Gasteiger partial charge in [0.1, 0.15) is 28.7 Å². The van der Waals surface area contributed by atoms with E-state index in [2.05, 4.69) is 0 Å². The highest BCUT2D eigenvalue weighted by Crippen LogP contribution is 2.45. The number of hydrogen-bond donors (Lipinski definition) is 2. The van der Waals surface area contributed by atoms with Crippen LogP contribution in [0.1, 0.15) is 0 Å². The first-order chi connectivity index (χ1) is 9.60. The second-order valence-corrected chi connectivity index (χ2v) is 4.11. The third-order valence-corrected chi connectivity index (χ3v) is 2.96. The summed E-state index contributed by atoms with van der Waals surface area (Å²) in [6.45, 7) is 0. The van der Waals surface area contributed by atoms with Crippen molar-refractivity contribution in [1.82, 2.24) is 0 Å². The highest BCUT2D eigenvalue weighted by atomic mass is 16.5. The monoisotopic (exact) mass is 276 g/mol. The van der Waals surface area contributed by atoms with Gasteiger partial charge < -0.3 is 24.4 Å². The van der Waals surface area contributed by atoms with Gasteiger partial charge in [0.05, 0.1) is 26.9 Å². The summed E-state index contributed by atoms with van der Waals surface area (Å²) < 4.78 is 15.8. The molecule has 0 unspecified atom stereocenters. The van der Waals surface area contributed by atoms with Crippen LogP contribution in [0.5, 0.6) is 28.7 Å². The molecule has 5 nitrogen and oxygen atoms in total. The van der Waals surface area contributed by atoms with E-state index in [1.807, 2.05) is 0 Å². The maximum atomic E-state index is 10.0. The van der Waals surface area contributed by atoms with Gasteiger partial charge >= 0.3 is 0 Å². The second-order valence-electron chi connectivity index (χ2n) is 4.11. The second kappa shape index (κ2) is 5.61. The maximum Gasteiger partial charge on any atom is 0.134 e. The molecule has 0 spiro atoms. The predicted octanol–water partition coefficient (Wildman–Crippen LogP) is 2.79. The lowest BCUT2D eigenvalue weighted by Crippen LogP contribution is -1.95. The summed E-state index contributed by atoms with van der Waals surface area (Å²) in [5.41, 5.74) is 0.963. The van der Waals surface area contributed by atoms with Gasteiger partial charge in [0.2, 0.25) is 0 Å². The van der Waals surface area contributed by atoms with Crippen molar-refractivity contribution in [2.45, 2.75) is 0 Å². The van der Waals surface area contributed by atoms with Crippen molar-refractivity contribution in [3.63, 3.8) is 0 Å². The van der Waals surface area contributed by atoms with E-state index in [1.54, 1.807) is 19.2 Å². The van der Waals surface area contributed by atoms with Crippen molar-refractivity contribution in [1.29, 1.82) is 0 Å². The van der Waals surface area contributed by atoms with E-state index >= 15 is 0 Å². The van der Waals surface area contributed by atoms with Crippen molar-refractivity contribution in [3.05, 3.63) is 30.3 Å². The molecule has 0 aromatic heterocycles. The highest BCUT2D eigenvalue weighted by molar-refractivity contribution is 5.82. The van der Waals surface area contributed by atoms with Crippen LogP contribution in [-0.4, -0.2) is 31.5 Å². The number of benzene rings is 2. The van der Waals surface area contributed by atoms with Crippen LogP contribution >= 0.6 is 0 Å². The maximum absolute atomic E-state index is 10.0. The van der Waals surface area contributed by atoms with Crippen LogP contribution in [0.3, 0.4) is 0 Å². The van der Waals surface area contributed by atoms with Gasteiger partial charge in [-0.1, -0.05) is 0 Å². The van der Waals surface area contributed by atoms with E-state index < -0.39 is 0 Å². The molecule has 0 bridgehead atoms. The van der Waals surface area contributed by atoms with Crippen molar-refractivity contribution in [3.8, 4) is 39.9 Å². The van der Waals surface area contributed by atoms with E-state index in [0.29, 0.717) is 28.4 Å². The molecular weight excluding hydrogens is 260 g/mol. The Morgan fingerprint density at radius 3 is 1.90 bits per heavy atom. The quantitative estimate of drug-likeness (QED) is 0.840. The van der Waals surface area contributed by atoms with E-state index in [0.717, 1.165) is 0 Å². The lowest BCUT2D eigenvalue weighted by Gasteiger charge is -2.16. The van der Waals surface area contributed by atoms with E-state index in [1.165, 1.54) is 32.4 Å². The van der Waals surface area contributed by atoms with Crippen molar-refractivity contribution < 1.29 is 24.4 Å². The van der Waals surface area contributed by atoms with E-state index in [4.69, 9.17) is 14.2 Å². The lowest BCUT2D eigenvalue weighted by molar-refractivity contribution is 0.377. The summed E-state index contributed by atoms with van der Waals surface area (Å²) in [6, 6.07) is 7.62.